The van der Waals surface area contributed by atoms with E-state index in [0.29, 0.717) is 16.0 Å². The number of rotatable bonds is 7. The molecule has 0 aliphatic heterocycles. The van der Waals surface area contributed by atoms with Crippen molar-refractivity contribution in [2.45, 2.75) is 13.5 Å². The second-order valence-electron chi connectivity index (χ2n) is 6.04. The first-order chi connectivity index (χ1) is 12.8. The predicted octanol–water partition coefficient (Wildman–Crippen LogP) is 5.48. The van der Waals surface area contributed by atoms with Crippen LogP contribution in [0.1, 0.15) is 22.8 Å². The molecular formula is C20H20BrClFNO3. The molecule has 0 N–H and O–H groups in total. The van der Waals surface area contributed by atoms with Crippen molar-refractivity contribution in [2.24, 2.45) is 0 Å². The number of carbonyl (C=O) groups excluding carboxylic acids is 1. The molecule has 0 aliphatic rings. The Hall–Kier alpha value is -2.05. The highest BCUT2D eigenvalue weighted by molar-refractivity contribution is 9.10. The van der Waals surface area contributed by atoms with Crippen molar-refractivity contribution in [1.29, 1.82) is 0 Å². The molecule has 2 rings (SSSR count). The number of hydrogen-bond donors (Lipinski definition) is 0. The first-order valence-corrected chi connectivity index (χ1v) is 9.23. The zero-order chi connectivity index (χ0) is 20.1. The zero-order valence-corrected chi connectivity index (χ0v) is 17.7. The third-order valence-corrected chi connectivity index (χ3v) is 4.67. The van der Waals surface area contributed by atoms with Crippen LogP contribution >= 0.6 is 27.5 Å². The van der Waals surface area contributed by atoms with E-state index < -0.39 is 11.7 Å². The first kappa shape index (κ1) is 21.3. The van der Waals surface area contributed by atoms with Gasteiger partial charge in [0, 0.05) is 34.2 Å². The minimum atomic E-state index is -0.687. The summed E-state index contributed by atoms with van der Waals surface area (Å²) in [6, 6.07) is 7.93. The highest BCUT2D eigenvalue weighted by Crippen LogP contribution is 2.29. The molecule has 0 radical (unpaired) electrons. The van der Waals surface area contributed by atoms with Crippen molar-refractivity contribution in [3.8, 4) is 11.5 Å². The second-order valence-corrected chi connectivity index (χ2v) is 7.33. The van der Waals surface area contributed by atoms with E-state index in [2.05, 4.69) is 22.5 Å². The van der Waals surface area contributed by atoms with Gasteiger partial charge in [-0.15, -0.1) is 0 Å². The monoisotopic (exact) mass is 455 g/mol. The third-order valence-electron chi connectivity index (χ3n) is 3.82. The maximum absolute atomic E-state index is 14.4. The molecule has 0 saturated carbocycles. The molecule has 2 aromatic rings. The van der Waals surface area contributed by atoms with Crippen LogP contribution in [0.3, 0.4) is 0 Å². The number of benzene rings is 2. The molecule has 0 bridgehead atoms. The summed E-state index contributed by atoms with van der Waals surface area (Å²) in [4.78, 5) is 14.6. The maximum atomic E-state index is 14.4. The smallest absolute Gasteiger partial charge is 0.258 e. The van der Waals surface area contributed by atoms with Crippen LogP contribution in [0.2, 0.25) is 5.02 Å². The molecule has 0 saturated heterocycles. The van der Waals surface area contributed by atoms with Crippen molar-refractivity contribution >= 4 is 33.4 Å². The van der Waals surface area contributed by atoms with Gasteiger partial charge in [-0.25, -0.2) is 4.39 Å². The first-order valence-electron chi connectivity index (χ1n) is 8.06. The molecule has 0 fully saturated rings. The van der Waals surface area contributed by atoms with Gasteiger partial charge in [-0.2, -0.15) is 0 Å². The number of methoxy groups -OCH3 is 2. The summed E-state index contributed by atoms with van der Waals surface area (Å²) in [5, 5.41) is 0.208. The molecule has 0 atom stereocenters. The van der Waals surface area contributed by atoms with Crippen molar-refractivity contribution in [3.63, 3.8) is 0 Å². The van der Waals surface area contributed by atoms with Crippen molar-refractivity contribution in [2.75, 3.05) is 20.8 Å². The molecule has 0 heterocycles. The topological polar surface area (TPSA) is 38.8 Å². The maximum Gasteiger partial charge on any atom is 0.258 e. The molecule has 7 heteroatoms. The largest absolute Gasteiger partial charge is 0.497 e. The second kappa shape index (κ2) is 9.24. The molecule has 0 unspecified atom stereocenters. The standard InChI is InChI=1S/C20H20BrClFNO3/c1-12(2)10-24(11-13-5-6-15(26-3)9-18(13)27-4)20(25)19-16(21)7-14(22)8-17(19)23/h5-9H,1,10-11H2,2-4H3. The van der Waals surface area contributed by atoms with E-state index in [1.807, 2.05) is 6.07 Å². The lowest BCUT2D eigenvalue weighted by Crippen LogP contribution is -2.33. The van der Waals surface area contributed by atoms with Gasteiger partial charge in [0.2, 0.25) is 0 Å². The van der Waals surface area contributed by atoms with Crippen LogP contribution in [0.15, 0.2) is 47.0 Å². The average molecular weight is 457 g/mol. The van der Waals surface area contributed by atoms with Gasteiger partial charge in [-0.1, -0.05) is 23.8 Å². The Labute approximate surface area is 171 Å². The van der Waals surface area contributed by atoms with Gasteiger partial charge in [0.15, 0.2) is 0 Å². The molecule has 0 aliphatic carbocycles. The van der Waals surface area contributed by atoms with Gasteiger partial charge >= 0.3 is 0 Å². The van der Waals surface area contributed by atoms with Crippen LogP contribution in [0.5, 0.6) is 11.5 Å². The van der Waals surface area contributed by atoms with Crippen molar-refractivity contribution in [1.82, 2.24) is 4.90 Å². The van der Waals surface area contributed by atoms with E-state index in [1.165, 1.54) is 11.0 Å². The van der Waals surface area contributed by atoms with E-state index in [4.69, 9.17) is 21.1 Å². The minimum absolute atomic E-state index is 0.0758. The highest BCUT2D eigenvalue weighted by atomic mass is 79.9. The number of nitrogens with zero attached hydrogens (tertiary/aromatic N) is 1. The van der Waals surface area contributed by atoms with Crippen LogP contribution in [0.25, 0.3) is 0 Å². The van der Waals surface area contributed by atoms with Gasteiger partial charge in [0.1, 0.15) is 17.3 Å². The lowest BCUT2D eigenvalue weighted by Gasteiger charge is -2.25. The number of amides is 1. The molecule has 1 amide bonds. The van der Waals surface area contributed by atoms with Crippen molar-refractivity contribution in [3.05, 3.63) is 68.9 Å². The number of hydrogen-bond acceptors (Lipinski definition) is 3. The predicted molar refractivity (Wildman–Crippen MR) is 108 cm³/mol. The van der Waals surface area contributed by atoms with Crippen molar-refractivity contribution < 1.29 is 18.7 Å². The summed E-state index contributed by atoms with van der Waals surface area (Å²) in [5.74, 6) is 0.0501. The molecule has 4 nitrogen and oxygen atoms in total. The Morgan fingerprint density at radius 3 is 2.52 bits per heavy atom. The van der Waals surface area contributed by atoms with Crippen LogP contribution in [-0.2, 0) is 6.54 Å². The lowest BCUT2D eigenvalue weighted by molar-refractivity contribution is 0.0752. The van der Waals surface area contributed by atoms with Gasteiger partial charge in [-0.05, 0) is 47.1 Å². The fourth-order valence-electron chi connectivity index (χ4n) is 2.62. The van der Waals surface area contributed by atoms with Gasteiger partial charge in [0.25, 0.3) is 5.91 Å². The van der Waals surface area contributed by atoms with Gasteiger partial charge < -0.3 is 14.4 Å². The molecule has 27 heavy (non-hydrogen) atoms. The fourth-order valence-corrected chi connectivity index (χ4v) is 3.56. The molecule has 0 aromatic heterocycles. The van der Waals surface area contributed by atoms with Crippen LogP contribution in [0, 0.1) is 5.82 Å². The van der Waals surface area contributed by atoms with Crippen LogP contribution < -0.4 is 9.47 Å². The Morgan fingerprint density at radius 2 is 1.96 bits per heavy atom. The third kappa shape index (κ3) is 5.23. The average Bonchev–Trinajstić information content (AvgIpc) is 2.60. The molecular weight excluding hydrogens is 437 g/mol. The summed E-state index contributed by atoms with van der Waals surface area (Å²) in [7, 11) is 3.10. The highest BCUT2D eigenvalue weighted by Gasteiger charge is 2.24. The summed E-state index contributed by atoms with van der Waals surface area (Å²) in [5.41, 5.74) is 1.45. The van der Waals surface area contributed by atoms with Crippen LogP contribution in [0.4, 0.5) is 4.39 Å². The van der Waals surface area contributed by atoms with E-state index in [0.717, 1.165) is 17.2 Å². The molecule has 144 valence electrons. The summed E-state index contributed by atoms with van der Waals surface area (Å²) < 4.78 is 25.3. The minimum Gasteiger partial charge on any atom is -0.497 e. The van der Waals surface area contributed by atoms with E-state index >= 15 is 0 Å². The number of carbonyl (C=O) groups is 1. The summed E-state index contributed by atoms with van der Waals surface area (Å²) in [6.07, 6.45) is 0. The number of ether oxygens (including phenoxy) is 2. The fraction of sp³-hybridized carbons (Fsp3) is 0.250. The number of halogens is 3. The Balaban J connectivity index is 2.42. The zero-order valence-electron chi connectivity index (χ0n) is 15.3. The summed E-state index contributed by atoms with van der Waals surface area (Å²) >= 11 is 9.08. The van der Waals surface area contributed by atoms with E-state index in [-0.39, 0.29) is 23.7 Å². The molecule has 2 aromatic carbocycles. The van der Waals surface area contributed by atoms with Crippen LogP contribution in [-0.4, -0.2) is 31.6 Å². The Bertz CT molecular complexity index is 849. The van der Waals surface area contributed by atoms with Gasteiger partial charge in [0.05, 0.1) is 19.8 Å². The Morgan fingerprint density at radius 1 is 1.26 bits per heavy atom. The lowest BCUT2D eigenvalue weighted by atomic mass is 10.1. The van der Waals surface area contributed by atoms with E-state index in [1.54, 1.807) is 33.3 Å². The Kier molecular flexibility index (Phi) is 7.27. The summed E-state index contributed by atoms with van der Waals surface area (Å²) in [6.45, 7) is 6.16. The quantitative estimate of drug-likeness (QED) is 0.518. The normalized spacial score (nSPS) is 10.4. The SMILES string of the molecule is C=C(C)CN(Cc1ccc(OC)cc1OC)C(=O)c1c(F)cc(Cl)cc1Br. The van der Waals surface area contributed by atoms with Gasteiger partial charge in [-0.3, -0.25) is 4.79 Å². The molecule has 0 spiro atoms. The van der Waals surface area contributed by atoms with E-state index in [9.17, 15) is 9.18 Å².